The average Bonchev–Trinajstić information content (AvgIpc) is 3.74. The predicted molar refractivity (Wildman–Crippen MR) is 333 cm³/mol. The van der Waals surface area contributed by atoms with Gasteiger partial charge in [0.15, 0.2) is 0 Å². The first-order chi connectivity index (χ1) is 42.0. The SMILES string of the molecule is O=S(=O)(O)C(F)(F)F.[F][Ni].[Ni+2].[Ni][Br].[Ni][I].[c-]1ccccc1-c1cccc(-c2[c-]cccc2)n1.[c-]1ccccc1-c1cccc(-c2[c-]cccc2)n1.[c-]1ccccc1-c1cccc(-c2[c-]cccc2)n1.[c-]1ccccc1-c1cccc(-c2[c-]cccc2)n1. The summed E-state index contributed by atoms with van der Waals surface area (Å²) in [7, 11) is -5.84. The van der Waals surface area contributed by atoms with Crippen LogP contribution >= 0.6 is 34.7 Å². The van der Waals surface area contributed by atoms with E-state index in [1.807, 2.05) is 267 Å². The molecule has 0 saturated heterocycles. The van der Waals surface area contributed by atoms with E-state index < -0.39 is 15.6 Å². The number of pyridine rings is 4. The summed E-state index contributed by atoms with van der Waals surface area (Å²) >= 11 is 14.2. The predicted octanol–water partition coefficient (Wildman–Crippen LogP) is 18.6. The minimum absolute atomic E-state index is 0. The van der Waals surface area contributed by atoms with Crippen molar-refractivity contribution in [3.05, 3.63) is 315 Å². The Morgan fingerprint density at radius 3 is 0.540 bits per heavy atom. The van der Waals surface area contributed by atoms with Crippen molar-refractivity contribution in [1.82, 2.24) is 19.9 Å². The Bertz CT molecular complexity index is 3220. The smallest absolute Gasteiger partial charge is 0.0227 e. The molecule has 0 aliphatic heterocycles. The van der Waals surface area contributed by atoms with Gasteiger partial charge in [-0.25, -0.2) is 0 Å². The molecule has 0 saturated carbocycles. The summed E-state index contributed by atoms with van der Waals surface area (Å²) < 4.78 is 66.7. The molecule has 0 radical (unpaired) electrons. The minimum Gasteiger partial charge on any atom is -0.345 e. The second-order valence-electron chi connectivity index (χ2n) is 16.8. The Hall–Kier alpha value is -6.83. The number of rotatable bonds is 8. The van der Waals surface area contributed by atoms with E-state index >= 15 is 0 Å². The first-order valence-corrected chi connectivity index (χ1v) is 32.5. The van der Waals surface area contributed by atoms with E-state index in [4.69, 9.17) is 16.6 Å². The maximum Gasteiger partial charge on any atom is -0.0227 e. The van der Waals surface area contributed by atoms with Crippen molar-refractivity contribution >= 4 is 44.8 Å². The van der Waals surface area contributed by atoms with Crippen LogP contribution in [0.2, 0.25) is 0 Å². The molecule has 7 nitrogen and oxygen atoms in total. The molecule has 0 unspecified atom stereocenters. The summed E-state index contributed by atoms with van der Waals surface area (Å²) in [5.74, 6) is 0. The molecule has 4 aromatic heterocycles. The molecule has 87 heavy (non-hydrogen) atoms. The summed E-state index contributed by atoms with van der Waals surface area (Å²) in [4.78, 5) is 18.6. The summed E-state index contributed by atoms with van der Waals surface area (Å²) in [5.41, 5.74) is 10.0. The second kappa shape index (κ2) is 40.6. The Morgan fingerprint density at radius 2 is 0.448 bits per heavy atom. The molecule has 8 aromatic carbocycles. The maximum atomic E-state index is 10.7. The van der Waals surface area contributed by atoms with Gasteiger partial charge in [0.05, 0.1) is 0 Å². The van der Waals surface area contributed by atoms with Crippen molar-refractivity contribution in [2.75, 3.05) is 0 Å². The third-order valence-corrected chi connectivity index (χ3v) is 11.8. The van der Waals surface area contributed by atoms with E-state index in [0.29, 0.717) is 0 Å². The molecule has 0 amide bonds. The fourth-order valence-electron chi connectivity index (χ4n) is 7.36. The molecule has 0 aliphatic carbocycles. The Morgan fingerprint density at radius 1 is 0.322 bits per heavy atom. The average molecular weight is 1530 g/mol. The summed E-state index contributed by atoms with van der Waals surface area (Å²) in [6, 6.07) is 113. The van der Waals surface area contributed by atoms with Gasteiger partial charge in [0.25, 0.3) is 0 Å². The van der Waals surface area contributed by atoms with Gasteiger partial charge in [0.1, 0.15) is 0 Å². The molecule has 0 aliphatic rings. The number of benzene rings is 8. The van der Waals surface area contributed by atoms with Crippen LogP contribution in [0.15, 0.2) is 267 Å². The van der Waals surface area contributed by atoms with Gasteiger partial charge in [0, 0.05) is 0 Å². The molecule has 0 bridgehead atoms. The van der Waals surface area contributed by atoms with Gasteiger partial charge < -0.3 is 19.9 Å². The summed E-state index contributed by atoms with van der Waals surface area (Å²) in [6.45, 7) is 0. The van der Waals surface area contributed by atoms with Crippen molar-refractivity contribution in [3.8, 4) is 90.1 Å². The summed E-state index contributed by atoms with van der Waals surface area (Å²) in [5, 5.41) is 0. The van der Waals surface area contributed by atoms with Gasteiger partial charge in [-0.2, -0.15) is 21.6 Å². The Kier molecular flexibility index (Phi) is 33.9. The molecule has 0 atom stereocenters. The number of hydrogen-bond donors (Lipinski definition) is 1. The zero-order valence-electron chi connectivity index (χ0n) is 44.9. The van der Waals surface area contributed by atoms with Crippen molar-refractivity contribution in [1.29, 1.82) is 0 Å². The maximum absolute atomic E-state index is 10.7. The molecule has 0 spiro atoms. The second-order valence-corrected chi connectivity index (χ2v) is 18.2. The molecule has 4 heterocycles. The van der Waals surface area contributed by atoms with Gasteiger partial charge in [-0.1, -0.05) is 72.8 Å². The number of halogens is 6. The van der Waals surface area contributed by atoms with Crippen LogP contribution in [0, 0.1) is 48.5 Å². The molecular weight excluding hydrogens is 1480 g/mol. The third-order valence-electron chi connectivity index (χ3n) is 11.2. The fourth-order valence-corrected chi connectivity index (χ4v) is 7.36. The zero-order valence-corrected chi connectivity index (χ0v) is 53.4. The monoisotopic (exact) mass is 1520 g/mol. The zero-order chi connectivity index (χ0) is 61.8. The molecule has 18 heteroatoms. The molecule has 1 N–H and O–H groups in total. The van der Waals surface area contributed by atoms with Crippen molar-refractivity contribution in [2.45, 2.75) is 5.51 Å². The Balaban J connectivity index is 0.000000231. The van der Waals surface area contributed by atoms with Crippen LogP contribution in [0.3, 0.4) is 0 Å². The van der Waals surface area contributed by atoms with E-state index in [1.165, 1.54) is 0 Å². The van der Waals surface area contributed by atoms with Crippen LogP contribution in [0.4, 0.5) is 16.8 Å². The van der Waals surface area contributed by atoms with Crippen LogP contribution in [-0.4, -0.2) is 38.4 Å². The topological polar surface area (TPSA) is 106 Å². The normalized spacial score (nSPS) is 9.99. The first kappa shape index (κ1) is 72.6. The van der Waals surface area contributed by atoms with E-state index in [9.17, 15) is 13.2 Å². The largest absolute Gasteiger partial charge is 0.345 e. The molecular formula is C69H45BrF4IN4Ni4O3S-6. The van der Waals surface area contributed by atoms with Gasteiger partial charge in [-0.3, -0.25) is 4.55 Å². The van der Waals surface area contributed by atoms with Gasteiger partial charge in [-0.05, 0) is 45.6 Å². The minimum atomic E-state index is -5.84. The first-order valence-electron chi connectivity index (χ1n) is 25.0. The standard InChI is InChI=1S/4C17H11N.CHF3O3S.BrH.FH.HI.4Ni/c4*1-3-8-14(9-4-1)16-12-7-13-17(18-16)15-10-5-2-6-11-15;2-1(3,4)8(5,6)7;;;;;;;/h4*1-8,10,12-13H;(H,5,6,7);3*1H;;;;/q4*-2;;;;;3*+1;+2/p-3. The fraction of sp³-hybridized carbons (Fsp3) is 0.0145. The molecule has 453 valence electrons. The van der Waals surface area contributed by atoms with Crippen LogP contribution in [0.5, 0.6) is 0 Å². The van der Waals surface area contributed by atoms with Crippen molar-refractivity contribution in [2.24, 2.45) is 0 Å². The number of aromatic nitrogens is 4. The number of hydrogen-bond acceptors (Lipinski definition) is 6. The van der Waals surface area contributed by atoms with Gasteiger partial charge in [0.2, 0.25) is 0 Å². The Labute approximate surface area is 558 Å². The van der Waals surface area contributed by atoms with Crippen molar-refractivity contribution < 1.29 is 88.1 Å². The van der Waals surface area contributed by atoms with E-state index in [-0.39, 0.29) is 16.5 Å². The molecule has 0 fully saturated rings. The molecule has 12 rings (SSSR count). The number of nitrogens with zero attached hydrogens (tertiary/aromatic N) is 4. The van der Waals surface area contributed by atoms with E-state index in [1.54, 1.807) is 20.5 Å². The van der Waals surface area contributed by atoms with Crippen LogP contribution < -0.4 is 0 Å². The van der Waals surface area contributed by atoms with E-state index in [0.717, 1.165) is 90.1 Å². The van der Waals surface area contributed by atoms with E-state index in [2.05, 4.69) is 125 Å². The van der Waals surface area contributed by atoms with Crippen molar-refractivity contribution in [3.63, 3.8) is 0 Å². The number of alkyl halides is 3. The van der Waals surface area contributed by atoms with Crippen LogP contribution in [0.25, 0.3) is 90.1 Å². The quantitative estimate of drug-likeness (QED) is 0.0403. The summed E-state index contributed by atoms with van der Waals surface area (Å²) in [6.07, 6.45) is 0. The van der Waals surface area contributed by atoms with Gasteiger partial charge >= 0.3 is 112 Å². The van der Waals surface area contributed by atoms with Crippen LogP contribution in [-0.2, 0) is 68.5 Å². The van der Waals surface area contributed by atoms with Crippen LogP contribution in [0.1, 0.15) is 0 Å². The molecule has 12 aromatic rings. The third kappa shape index (κ3) is 24.7. The van der Waals surface area contributed by atoms with Gasteiger partial charge in [-0.15, -0.1) is 287 Å².